The Hall–Kier alpha value is -12.7. The number of para-hydroxylation sites is 3. The number of allylic oxidation sites excluding steroid dienone is 12. The van der Waals surface area contributed by atoms with Crippen LogP contribution in [0.15, 0.2) is 356 Å². The van der Waals surface area contributed by atoms with Crippen molar-refractivity contribution < 1.29 is 115 Å². The molecule has 0 bridgehead atoms. The number of fused-ring (bicyclic) bond motifs is 10. The van der Waals surface area contributed by atoms with Crippen LogP contribution in [-0.2, 0) is 110 Å². The van der Waals surface area contributed by atoms with Crippen molar-refractivity contribution >= 4 is 83.2 Å². The van der Waals surface area contributed by atoms with Gasteiger partial charge in [0.05, 0.1) is 46.5 Å². The Bertz CT molecular complexity index is 6640. The van der Waals surface area contributed by atoms with E-state index < -0.39 is 0 Å². The number of rotatable bonds is 10. The minimum absolute atomic E-state index is 0. The summed E-state index contributed by atoms with van der Waals surface area (Å²) in [5.41, 5.74) is 23.9. The Morgan fingerprint density at radius 2 is 0.938 bits per heavy atom. The summed E-state index contributed by atoms with van der Waals surface area (Å²) in [5, 5.41) is 39.8. The summed E-state index contributed by atoms with van der Waals surface area (Å²) in [6.07, 6.45) is 12.6. The van der Waals surface area contributed by atoms with Crippen molar-refractivity contribution in [2.75, 3.05) is 19.0 Å². The van der Waals surface area contributed by atoms with Gasteiger partial charge in [0.25, 0.3) is 5.70 Å². The molecule has 3 N–H and O–H groups in total. The van der Waals surface area contributed by atoms with Gasteiger partial charge >= 0.3 is 0 Å². The van der Waals surface area contributed by atoms with E-state index in [2.05, 4.69) is 217 Å². The van der Waals surface area contributed by atoms with Gasteiger partial charge in [-0.05, 0) is 181 Å². The minimum atomic E-state index is -0.125. The summed E-state index contributed by atoms with van der Waals surface area (Å²) in [6.45, 7) is 26.6. The molecule has 0 amide bonds. The first-order chi connectivity index (χ1) is 60.1. The standard InChI is InChI=1S/2C24H18N.C19H17N3O.C15H10N.C13H8NS.3C5H8O2.4Ir/c1-24(2)20-9-5-4-8-18(20)19-13-11-17(15-21(19)24)23-14-12-16-7-3-6-10-22(16)25-23;1-24(2)21-10-6-5-9-19(21)20-12-11-17(15-22(20)24)23-18-8-4-3-7-16(18)13-14-25-23;1-14-11-16(19(13-20)21-2)12-18(23-14)10-7-15-5-8-17(9-6-15)22(3)4;1-2-6-12(7-3-1)15-11-10-13-8-4-5-9-14(13)16-15;1-2-6-10(7-3-1)13-14-11-8-4-5-9-12(11)15-13;3*1-4(6)3-5(2)7;;;;/h2*3-10,12-15H,1-2H3;5-12H,1,3-4H3;1-6,8-11H;1-6,8-9H;3*3,6H,1-2H3;;;;/q2*-1;;2*-1;;;;;;;/b;;10-7+,19-16+;;;;;;;;;. The number of aliphatic hydroxyl groups excluding tert-OH is 3. The fourth-order valence-corrected chi connectivity index (χ4v) is 15.3. The number of carbonyl (C=O) groups excluding carboxylic acids is 3. The van der Waals surface area contributed by atoms with Gasteiger partial charge in [0.15, 0.2) is 17.3 Å². The fraction of sp³-hybridized carbons (Fsp3) is 0.136. The SMILES string of the molecule is CC(=O)C=C(C)O.CC(=O)C=C(C)O.CC(=O)C=C(C)O.CC1(C)c2ccccc2-c2c[c-]c(-c3ccc4ccccc4n3)cc21.CC1(C)c2ccccc2-c2c[c-]c(-c3nccc4ccccc34)cc21.[C-]#[N+]/C(C#N)=C1\C=C(C)OC(/C=C/c2ccc(N(C)C)cc2)=C1.[Ir].[Ir].[Ir].[Ir].[c-]1ccccc1-c1ccc2ccccc2n1.[c-]1ccccc1-c1nc2ccccc2s1. The number of pyridine rings is 3. The molecule has 15 aromatic rings. The van der Waals surface area contributed by atoms with E-state index in [1.807, 2.05) is 171 Å². The quantitative estimate of drug-likeness (QED) is 0.0505. The number of thiazole rings is 1. The molecule has 0 fully saturated rings. The number of aliphatic hydroxyl groups is 3. The summed E-state index contributed by atoms with van der Waals surface area (Å²) >= 11 is 1.71. The molecule has 0 unspecified atom stereocenters. The van der Waals surface area contributed by atoms with Gasteiger partial charge in [-0.2, -0.15) is 11.3 Å². The van der Waals surface area contributed by atoms with Crippen molar-refractivity contribution in [1.29, 1.82) is 5.26 Å². The average Bonchev–Trinajstić information content (AvgIpc) is 1.58. The first kappa shape index (κ1) is 103. The Kier molecular flexibility index (Phi) is 39.3. The third kappa shape index (κ3) is 27.9. The maximum Gasteiger partial charge on any atom is 0.269 e. The van der Waals surface area contributed by atoms with E-state index in [1.165, 1.54) is 131 Å². The predicted octanol–water partition coefficient (Wildman–Crippen LogP) is 26.9. The molecule has 0 saturated carbocycles. The number of carbonyl (C=O) groups is 3. The number of hydrogen-bond donors (Lipinski definition) is 3. The molecule has 658 valence electrons. The van der Waals surface area contributed by atoms with Crippen LogP contribution in [0.2, 0.25) is 0 Å². The Morgan fingerprint density at radius 3 is 1.42 bits per heavy atom. The minimum Gasteiger partial charge on any atom is -0.512 e. The van der Waals surface area contributed by atoms with Crippen LogP contribution in [0.4, 0.5) is 5.69 Å². The number of aromatic nitrogens is 4. The van der Waals surface area contributed by atoms with E-state index in [1.54, 1.807) is 30.4 Å². The van der Waals surface area contributed by atoms with Crippen LogP contribution in [0, 0.1) is 42.2 Å². The molecule has 5 heterocycles. The molecule has 3 aliphatic rings. The second kappa shape index (κ2) is 49.0. The molecule has 0 atom stereocenters. The van der Waals surface area contributed by atoms with Crippen LogP contribution in [-0.4, -0.2) is 66.7 Å². The van der Waals surface area contributed by atoms with E-state index in [0.29, 0.717) is 17.1 Å². The Balaban J connectivity index is 0.000000209. The zero-order chi connectivity index (χ0) is 89.3. The summed E-state index contributed by atoms with van der Waals surface area (Å²) < 4.78 is 6.85. The number of ether oxygens (including phenoxy) is 1. The summed E-state index contributed by atoms with van der Waals surface area (Å²) in [7, 11) is 4.00. The van der Waals surface area contributed by atoms with E-state index in [-0.39, 0.29) is 132 Å². The number of nitrogens with zero attached hydrogens (tertiary/aromatic N) is 7. The molecule has 11 aromatic carbocycles. The van der Waals surface area contributed by atoms with E-state index in [0.717, 1.165) is 72.1 Å². The molecular weight excluding hydrogens is 2330 g/mol. The van der Waals surface area contributed by atoms with Crippen LogP contribution < -0.4 is 4.90 Å². The van der Waals surface area contributed by atoms with Crippen LogP contribution in [0.1, 0.15) is 104 Å². The van der Waals surface area contributed by atoms with Gasteiger partial charge in [0.2, 0.25) is 0 Å². The first-order valence-corrected chi connectivity index (χ1v) is 41.3. The molecule has 19 heteroatoms. The molecule has 14 nitrogen and oxygen atoms in total. The molecule has 0 saturated heterocycles. The molecule has 4 radical (unpaired) electrons. The second-order valence-electron chi connectivity index (χ2n) is 30.8. The zero-order valence-corrected chi connectivity index (χ0v) is 83.8. The molecule has 18 rings (SSSR count). The normalized spacial score (nSPS) is 12.8. The third-order valence-corrected chi connectivity index (χ3v) is 21.2. The van der Waals surface area contributed by atoms with E-state index >= 15 is 0 Å². The zero-order valence-electron chi connectivity index (χ0n) is 73.4. The predicted molar refractivity (Wildman–Crippen MR) is 510 cm³/mol. The number of hydrogen-bond acceptors (Lipinski definition) is 14. The van der Waals surface area contributed by atoms with Gasteiger partial charge in [0.1, 0.15) is 11.5 Å². The van der Waals surface area contributed by atoms with Crippen molar-refractivity contribution in [2.45, 2.75) is 87.0 Å². The third-order valence-electron chi connectivity index (χ3n) is 20.2. The maximum atomic E-state index is 10.0. The Morgan fingerprint density at radius 1 is 0.481 bits per heavy atom. The number of nitriles is 1. The van der Waals surface area contributed by atoms with Crippen molar-refractivity contribution in [2.24, 2.45) is 0 Å². The summed E-state index contributed by atoms with van der Waals surface area (Å²) in [6, 6.07) is 109. The van der Waals surface area contributed by atoms with Crippen molar-refractivity contribution in [3.8, 4) is 72.7 Å². The fourth-order valence-electron chi connectivity index (χ4n) is 14.4. The van der Waals surface area contributed by atoms with Gasteiger partial charge in [-0.1, -0.05) is 214 Å². The first-order valence-electron chi connectivity index (χ1n) is 40.5. The Labute approximate surface area is 814 Å². The summed E-state index contributed by atoms with van der Waals surface area (Å²) in [5.74, 6) is 1.07. The molecule has 129 heavy (non-hydrogen) atoms. The van der Waals surface area contributed by atoms with E-state index in [4.69, 9.17) is 36.9 Å². The smallest absolute Gasteiger partial charge is 0.269 e. The average molecular weight is 2430 g/mol. The van der Waals surface area contributed by atoms with Crippen molar-refractivity contribution in [3.63, 3.8) is 0 Å². The van der Waals surface area contributed by atoms with Gasteiger partial charge < -0.3 is 29.9 Å². The maximum absolute atomic E-state index is 10.0. The van der Waals surface area contributed by atoms with Crippen molar-refractivity contribution in [1.82, 2.24) is 19.9 Å². The van der Waals surface area contributed by atoms with Gasteiger partial charge in [0, 0.05) is 134 Å². The molecule has 1 aliphatic heterocycles. The largest absolute Gasteiger partial charge is 0.512 e. The summed E-state index contributed by atoms with van der Waals surface area (Å²) in [4.78, 5) is 54.0. The molecular formula is C110H95Ir4N7O7S-4. The number of ketones is 3. The molecule has 0 spiro atoms. The van der Waals surface area contributed by atoms with Crippen LogP contribution in [0.3, 0.4) is 0 Å². The van der Waals surface area contributed by atoms with Crippen LogP contribution >= 0.6 is 11.3 Å². The topological polar surface area (TPSA) is 204 Å². The van der Waals surface area contributed by atoms with E-state index in [9.17, 15) is 14.4 Å². The van der Waals surface area contributed by atoms with Crippen LogP contribution in [0.25, 0.3) is 120 Å². The van der Waals surface area contributed by atoms with Gasteiger partial charge in [-0.25, -0.2) is 10.1 Å². The second-order valence-corrected chi connectivity index (χ2v) is 31.9. The number of benzene rings is 11. The monoisotopic (exact) mass is 2430 g/mol. The van der Waals surface area contributed by atoms with Crippen LogP contribution in [0.5, 0.6) is 0 Å². The van der Waals surface area contributed by atoms with Gasteiger partial charge in [-0.15, -0.1) is 130 Å². The molecule has 2 aliphatic carbocycles. The molecule has 4 aromatic heterocycles. The number of anilines is 1. The van der Waals surface area contributed by atoms with Gasteiger partial charge in [-0.3, -0.25) is 29.3 Å². The van der Waals surface area contributed by atoms with Crippen molar-refractivity contribution in [3.05, 3.63) is 419 Å².